The van der Waals surface area contributed by atoms with Gasteiger partial charge in [-0.25, -0.2) is 4.39 Å². The minimum Gasteiger partial charge on any atom is -0.496 e. The summed E-state index contributed by atoms with van der Waals surface area (Å²) in [7, 11) is 1.61. The molecule has 1 aromatic carbocycles. The Balaban J connectivity index is 2.09. The van der Waals surface area contributed by atoms with Gasteiger partial charge in [0.2, 0.25) is 0 Å². The molecule has 0 spiro atoms. The molecule has 2 aromatic rings. The van der Waals surface area contributed by atoms with Gasteiger partial charge in [0.15, 0.2) is 0 Å². The van der Waals surface area contributed by atoms with Gasteiger partial charge in [0.1, 0.15) is 11.6 Å². The molecule has 3 nitrogen and oxygen atoms in total. The maximum absolute atomic E-state index is 13.1. The zero-order valence-electron chi connectivity index (χ0n) is 11.4. The van der Waals surface area contributed by atoms with Crippen molar-refractivity contribution in [3.8, 4) is 5.75 Å². The van der Waals surface area contributed by atoms with Crippen LogP contribution in [0, 0.1) is 5.82 Å². The Morgan fingerprint density at radius 1 is 1.40 bits per heavy atom. The lowest BCUT2D eigenvalue weighted by Gasteiger charge is -2.16. The first-order valence-corrected chi connectivity index (χ1v) is 6.65. The molecule has 0 saturated heterocycles. The van der Waals surface area contributed by atoms with Crippen LogP contribution in [0.15, 0.2) is 36.7 Å². The first-order valence-electron chi connectivity index (χ1n) is 6.27. The Bertz CT molecular complexity index is 592. The number of methoxy groups -OCH3 is 1. The molecule has 20 heavy (non-hydrogen) atoms. The van der Waals surface area contributed by atoms with Crippen LogP contribution in [0.2, 0.25) is 5.02 Å². The number of nitrogens with one attached hydrogen (secondary N) is 1. The first-order chi connectivity index (χ1) is 9.61. The predicted octanol–water partition coefficient (Wildman–Crippen LogP) is 3.73. The molecule has 106 valence electrons. The molecule has 1 aromatic heterocycles. The second-order valence-corrected chi connectivity index (χ2v) is 4.87. The molecule has 0 aliphatic heterocycles. The predicted molar refractivity (Wildman–Crippen MR) is 77.5 cm³/mol. The van der Waals surface area contributed by atoms with Crippen molar-refractivity contribution in [3.63, 3.8) is 0 Å². The zero-order chi connectivity index (χ0) is 14.5. The topological polar surface area (TPSA) is 34.1 Å². The van der Waals surface area contributed by atoms with E-state index in [9.17, 15) is 4.39 Å². The van der Waals surface area contributed by atoms with E-state index in [4.69, 9.17) is 16.3 Å². The average Bonchev–Trinajstić information content (AvgIpc) is 2.45. The molecule has 0 aliphatic carbocycles. The Morgan fingerprint density at radius 2 is 2.20 bits per heavy atom. The molecule has 1 heterocycles. The Labute approximate surface area is 122 Å². The van der Waals surface area contributed by atoms with Crippen LogP contribution < -0.4 is 10.1 Å². The largest absolute Gasteiger partial charge is 0.496 e. The van der Waals surface area contributed by atoms with Gasteiger partial charge in [-0.3, -0.25) is 4.98 Å². The van der Waals surface area contributed by atoms with Crippen LogP contribution in [0.25, 0.3) is 0 Å². The van der Waals surface area contributed by atoms with Crippen LogP contribution in [0.3, 0.4) is 0 Å². The van der Waals surface area contributed by atoms with Crippen LogP contribution in [-0.4, -0.2) is 12.1 Å². The summed E-state index contributed by atoms with van der Waals surface area (Å²) in [5.74, 6) is 0.390. The highest BCUT2D eigenvalue weighted by Crippen LogP contribution is 2.26. The summed E-state index contributed by atoms with van der Waals surface area (Å²) in [5.41, 5.74) is 1.67. The molecule has 0 bridgehead atoms. The molecule has 5 heteroatoms. The Kier molecular flexibility index (Phi) is 4.93. The van der Waals surface area contributed by atoms with Crippen molar-refractivity contribution in [1.82, 2.24) is 10.3 Å². The maximum atomic E-state index is 13.1. The average molecular weight is 295 g/mol. The number of hydrogen-bond acceptors (Lipinski definition) is 3. The van der Waals surface area contributed by atoms with E-state index >= 15 is 0 Å². The number of halogens is 2. The van der Waals surface area contributed by atoms with Crippen LogP contribution in [0.5, 0.6) is 5.75 Å². The van der Waals surface area contributed by atoms with Gasteiger partial charge in [-0.05, 0) is 30.7 Å². The monoisotopic (exact) mass is 294 g/mol. The van der Waals surface area contributed by atoms with E-state index in [1.54, 1.807) is 13.3 Å². The van der Waals surface area contributed by atoms with Crippen molar-refractivity contribution in [1.29, 1.82) is 0 Å². The quantitative estimate of drug-likeness (QED) is 0.912. The van der Waals surface area contributed by atoms with Gasteiger partial charge in [-0.1, -0.05) is 17.7 Å². The zero-order valence-corrected chi connectivity index (χ0v) is 12.1. The van der Waals surface area contributed by atoms with Gasteiger partial charge < -0.3 is 10.1 Å². The molecular formula is C15H16ClFN2O. The molecule has 1 N–H and O–H groups in total. The summed E-state index contributed by atoms with van der Waals surface area (Å²) < 4.78 is 18.4. The highest BCUT2D eigenvalue weighted by molar-refractivity contribution is 6.31. The summed E-state index contributed by atoms with van der Waals surface area (Å²) >= 11 is 6.17. The minimum atomic E-state index is -0.341. The third-order valence-corrected chi connectivity index (χ3v) is 3.46. The van der Waals surface area contributed by atoms with Crippen LogP contribution >= 0.6 is 11.6 Å². The number of rotatable bonds is 5. The molecule has 2 rings (SSSR count). The van der Waals surface area contributed by atoms with Crippen LogP contribution in [-0.2, 0) is 6.54 Å². The smallest absolute Gasteiger partial charge is 0.141 e. The highest BCUT2D eigenvalue weighted by atomic mass is 35.5. The second kappa shape index (κ2) is 6.68. The second-order valence-electron chi connectivity index (χ2n) is 4.46. The summed E-state index contributed by atoms with van der Waals surface area (Å²) in [4.78, 5) is 3.85. The van der Waals surface area contributed by atoms with E-state index in [2.05, 4.69) is 10.3 Å². The van der Waals surface area contributed by atoms with Crippen molar-refractivity contribution >= 4 is 11.6 Å². The van der Waals surface area contributed by atoms with Gasteiger partial charge in [-0.15, -0.1) is 0 Å². The van der Waals surface area contributed by atoms with Gasteiger partial charge in [0.25, 0.3) is 0 Å². The van der Waals surface area contributed by atoms with Crippen molar-refractivity contribution < 1.29 is 9.13 Å². The van der Waals surface area contributed by atoms with Gasteiger partial charge in [0.05, 0.1) is 13.3 Å². The van der Waals surface area contributed by atoms with Gasteiger partial charge in [0, 0.05) is 29.4 Å². The van der Waals surface area contributed by atoms with Crippen molar-refractivity contribution in [2.75, 3.05) is 7.11 Å². The van der Waals surface area contributed by atoms with E-state index in [0.29, 0.717) is 11.6 Å². The fourth-order valence-electron chi connectivity index (χ4n) is 1.94. The summed E-state index contributed by atoms with van der Waals surface area (Å²) in [6, 6.07) is 6.94. The number of aromatic nitrogens is 1. The van der Waals surface area contributed by atoms with Gasteiger partial charge >= 0.3 is 0 Å². The Morgan fingerprint density at radius 3 is 2.90 bits per heavy atom. The SMILES string of the molecule is COc1cccc(Cl)c1CNC(C)c1cncc(F)c1. The van der Waals surface area contributed by atoms with E-state index in [0.717, 1.165) is 16.9 Å². The number of hydrogen-bond donors (Lipinski definition) is 1. The van der Waals surface area contributed by atoms with E-state index in [1.165, 1.54) is 12.3 Å². The number of pyridine rings is 1. The molecule has 0 radical (unpaired) electrons. The summed E-state index contributed by atoms with van der Waals surface area (Å²) in [6.07, 6.45) is 2.83. The molecule has 0 saturated carbocycles. The lowest BCUT2D eigenvalue weighted by atomic mass is 10.1. The van der Waals surface area contributed by atoms with E-state index in [1.807, 2.05) is 25.1 Å². The fourth-order valence-corrected chi connectivity index (χ4v) is 2.17. The first kappa shape index (κ1) is 14.8. The molecule has 0 amide bonds. The third kappa shape index (κ3) is 3.46. The fraction of sp³-hybridized carbons (Fsp3) is 0.267. The number of ether oxygens (including phenoxy) is 1. The molecular weight excluding hydrogens is 279 g/mol. The molecule has 0 aliphatic rings. The van der Waals surface area contributed by atoms with Gasteiger partial charge in [-0.2, -0.15) is 0 Å². The number of nitrogens with zero attached hydrogens (tertiary/aromatic N) is 1. The minimum absolute atomic E-state index is 0.0424. The van der Waals surface area contributed by atoms with Crippen LogP contribution in [0.1, 0.15) is 24.1 Å². The molecule has 0 fully saturated rings. The van der Waals surface area contributed by atoms with Crippen molar-refractivity contribution in [3.05, 3.63) is 58.6 Å². The van der Waals surface area contributed by atoms with Crippen LogP contribution in [0.4, 0.5) is 4.39 Å². The van der Waals surface area contributed by atoms with Crippen molar-refractivity contribution in [2.24, 2.45) is 0 Å². The highest BCUT2D eigenvalue weighted by Gasteiger charge is 2.11. The maximum Gasteiger partial charge on any atom is 0.141 e. The summed E-state index contributed by atoms with van der Waals surface area (Å²) in [6.45, 7) is 2.47. The Hall–Kier alpha value is -1.65. The van der Waals surface area contributed by atoms with E-state index < -0.39 is 0 Å². The lowest BCUT2D eigenvalue weighted by molar-refractivity contribution is 0.406. The normalized spacial score (nSPS) is 12.2. The molecule has 1 unspecified atom stereocenters. The summed E-state index contributed by atoms with van der Waals surface area (Å²) in [5, 5.41) is 3.93. The van der Waals surface area contributed by atoms with E-state index in [-0.39, 0.29) is 11.9 Å². The molecule has 1 atom stereocenters. The van der Waals surface area contributed by atoms with Crippen molar-refractivity contribution in [2.45, 2.75) is 19.5 Å². The number of benzene rings is 1. The standard InChI is InChI=1S/C15H16ClFN2O/c1-10(11-6-12(17)8-18-7-11)19-9-13-14(16)4-3-5-15(13)20-2/h3-8,10,19H,9H2,1-2H3. The lowest BCUT2D eigenvalue weighted by Crippen LogP contribution is -2.19. The third-order valence-electron chi connectivity index (χ3n) is 3.11.